The van der Waals surface area contributed by atoms with Gasteiger partial charge in [-0.2, -0.15) is 5.26 Å². The van der Waals surface area contributed by atoms with E-state index in [9.17, 15) is 15.2 Å². The molecule has 5 heteroatoms. The summed E-state index contributed by atoms with van der Waals surface area (Å²) in [5.74, 6) is -0.0991. The molecule has 0 radical (unpaired) electrons. The monoisotopic (exact) mass is 304 g/mol. The number of nitrogens with zero attached hydrogens (tertiary/aromatic N) is 2. The molecule has 1 heterocycles. The molecule has 1 N–H and O–H groups in total. The minimum absolute atomic E-state index is 0.0242. The fourth-order valence-electron chi connectivity index (χ4n) is 3.46. The van der Waals surface area contributed by atoms with Gasteiger partial charge in [-0.1, -0.05) is 17.7 Å². The average Bonchev–Trinajstić information content (AvgIpc) is 2.77. The summed E-state index contributed by atoms with van der Waals surface area (Å²) in [7, 11) is 0. The van der Waals surface area contributed by atoms with Gasteiger partial charge in [0.25, 0.3) is 5.91 Å². The van der Waals surface area contributed by atoms with Crippen molar-refractivity contribution in [2.45, 2.75) is 50.8 Å². The minimum atomic E-state index is -0.538. The van der Waals surface area contributed by atoms with E-state index in [-0.39, 0.29) is 18.1 Å². The minimum Gasteiger partial charge on any atom is -0.393 e. The molecule has 1 aliphatic carbocycles. The maximum absolute atomic E-state index is 12.8. The number of fused-ring (bicyclic) bond motifs is 1. The van der Waals surface area contributed by atoms with Crippen LogP contribution in [0.4, 0.5) is 0 Å². The van der Waals surface area contributed by atoms with Crippen molar-refractivity contribution in [1.82, 2.24) is 4.90 Å². The third-order valence-corrected chi connectivity index (χ3v) is 5.04. The van der Waals surface area contributed by atoms with Crippen molar-refractivity contribution < 1.29 is 9.90 Å². The molecular weight excluding hydrogens is 288 g/mol. The van der Waals surface area contributed by atoms with E-state index in [1.165, 1.54) is 0 Å². The number of hydrogen-bond acceptors (Lipinski definition) is 3. The molecule has 4 nitrogen and oxygen atoms in total. The summed E-state index contributed by atoms with van der Waals surface area (Å²) in [6.45, 7) is 1.82. The molecule has 0 saturated heterocycles. The molecule has 1 unspecified atom stereocenters. The van der Waals surface area contributed by atoms with Crippen molar-refractivity contribution in [3.8, 4) is 6.07 Å². The van der Waals surface area contributed by atoms with Gasteiger partial charge in [-0.3, -0.25) is 4.79 Å². The lowest BCUT2D eigenvalue weighted by Gasteiger charge is -2.34. The van der Waals surface area contributed by atoms with Crippen LogP contribution < -0.4 is 0 Å². The lowest BCUT2D eigenvalue weighted by Crippen LogP contribution is -2.41. The summed E-state index contributed by atoms with van der Waals surface area (Å²) >= 11 is 6.11. The largest absolute Gasteiger partial charge is 0.393 e. The van der Waals surface area contributed by atoms with Gasteiger partial charge >= 0.3 is 0 Å². The molecule has 1 saturated carbocycles. The first-order chi connectivity index (χ1) is 10.0. The zero-order valence-corrected chi connectivity index (χ0v) is 12.6. The van der Waals surface area contributed by atoms with Crippen molar-refractivity contribution in [2.75, 3.05) is 0 Å². The van der Waals surface area contributed by atoms with E-state index >= 15 is 0 Å². The van der Waals surface area contributed by atoms with Crippen LogP contribution in [0.2, 0.25) is 5.02 Å². The lowest BCUT2D eigenvalue weighted by atomic mass is 9.91. The normalized spacial score (nSPS) is 28.4. The highest BCUT2D eigenvalue weighted by molar-refractivity contribution is 6.32. The Morgan fingerprint density at radius 2 is 2.00 bits per heavy atom. The highest BCUT2D eigenvalue weighted by Crippen LogP contribution is 2.41. The first-order valence-corrected chi connectivity index (χ1v) is 7.61. The summed E-state index contributed by atoms with van der Waals surface area (Å²) in [6.07, 6.45) is 2.57. The van der Waals surface area contributed by atoms with Crippen molar-refractivity contribution in [3.63, 3.8) is 0 Å². The van der Waals surface area contributed by atoms with Crippen LogP contribution in [0.3, 0.4) is 0 Å². The molecule has 110 valence electrons. The number of rotatable bonds is 1. The average molecular weight is 305 g/mol. The number of amides is 1. The third kappa shape index (κ3) is 2.21. The van der Waals surface area contributed by atoms with Crippen LogP contribution >= 0.6 is 11.6 Å². The topological polar surface area (TPSA) is 64.3 Å². The smallest absolute Gasteiger partial charge is 0.256 e. The van der Waals surface area contributed by atoms with Crippen LogP contribution in [0.5, 0.6) is 0 Å². The zero-order chi connectivity index (χ0) is 15.1. The summed E-state index contributed by atoms with van der Waals surface area (Å²) in [4.78, 5) is 14.5. The van der Waals surface area contributed by atoms with Crippen LogP contribution in [-0.2, 0) is 0 Å². The maximum atomic E-state index is 12.8. The number of nitriles is 1. The van der Waals surface area contributed by atoms with Crippen molar-refractivity contribution in [3.05, 3.63) is 33.8 Å². The zero-order valence-electron chi connectivity index (χ0n) is 11.8. The van der Waals surface area contributed by atoms with Gasteiger partial charge < -0.3 is 10.0 Å². The Kier molecular flexibility index (Phi) is 3.64. The summed E-state index contributed by atoms with van der Waals surface area (Å²) < 4.78 is 0. The van der Waals surface area contributed by atoms with Crippen LogP contribution in [-0.4, -0.2) is 28.1 Å². The SMILES string of the molecule is Cc1c(Cl)ccc2c1C(=O)N(C1CCC(O)CC1)C2C#N. The Morgan fingerprint density at radius 1 is 1.33 bits per heavy atom. The molecule has 1 aromatic carbocycles. The Labute approximate surface area is 128 Å². The van der Waals surface area contributed by atoms with Gasteiger partial charge in [-0.05, 0) is 44.2 Å². The fourth-order valence-corrected chi connectivity index (χ4v) is 3.62. The number of aliphatic hydroxyl groups excluding tert-OH is 1. The standard InChI is InChI=1S/C16H17ClN2O2/c1-9-13(17)7-6-12-14(8-18)19(16(21)15(9)12)10-2-4-11(20)5-3-10/h6-7,10-11,14,20H,2-5H2,1H3. The highest BCUT2D eigenvalue weighted by atomic mass is 35.5. The number of halogens is 1. The Morgan fingerprint density at radius 3 is 2.62 bits per heavy atom. The van der Waals surface area contributed by atoms with Crippen LogP contribution in [0.1, 0.15) is 53.2 Å². The molecule has 0 spiro atoms. The predicted molar refractivity (Wildman–Crippen MR) is 79.0 cm³/mol. The van der Waals surface area contributed by atoms with Gasteiger partial charge in [-0.15, -0.1) is 0 Å². The molecule has 1 fully saturated rings. The van der Waals surface area contributed by atoms with Crippen molar-refractivity contribution in [2.24, 2.45) is 0 Å². The Bertz CT molecular complexity index is 630. The van der Waals surface area contributed by atoms with Crippen molar-refractivity contribution in [1.29, 1.82) is 5.26 Å². The second-order valence-electron chi connectivity index (χ2n) is 5.84. The van der Waals surface area contributed by atoms with Gasteiger partial charge in [0, 0.05) is 16.6 Å². The van der Waals surface area contributed by atoms with Gasteiger partial charge in [-0.25, -0.2) is 0 Å². The van der Waals surface area contributed by atoms with Crippen molar-refractivity contribution >= 4 is 17.5 Å². The summed E-state index contributed by atoms with van der Waals surface area (Å²) in [5, 5.41) is 19.7. The molecule has 1 aromatic rings. The molecule has 0 aromatic heterocycles. The number of hydrogen-bond donors (Lipinski definition) is 1. The first kappa shape index (κ1) is 14.4. The third-order valence-electron chi connectivity index (χ3n) is 4.63. The van der Waals surface area contributed by atoms with Crippen LogP contribution in [0.25, 0.3) is 0 Å². The van der Waals surface area contributed by atoms with E-state index in [0.29, 0.717) is 23.4 Å². The second-order valence-corrected chi connectivity index (χ2v) is 6.25. The predicted octanol–water partition coefficient (Wildman–Crippen LogP) is 2.97. The highest BCUT2D eigenvalue weighted by Gasteiger charge is 2.42. The number of carbonyl (C=O) groups excluding carboxylic acids is 1. The summed E-state index contributed by atoms with van der Waals surface area (Å²) in [6, 6.07) is 5.28. The molecule has 1 amide bonds. The number of carbonyl (C=O) groups is 1. The maximum Gasteiger partial charge on any atom is 0.256 e. The van der Waals surface area contributed by atoms with E-state index in [4.69, 9.17) is 11.6 Å². The van der Waals surface area contributed by atoms with E-state index in [2.05, 4.69) is 6.07 Å². The molecule has 3 rings (SSSR count). The first-order valence-electron chi connectivity index (χ1n) is 7.24. The van der Waals surface area contributed by atoms with E-state index < -0.39 is 6.04 Å². The van der Waals surface area contributed by atoms with E-state index in [1.807, 2.05) is 6.92 Å². The van der Waals surface area contributed by atoms with Gasteiger partial charge in [0.1, 0.15) is 6.04 Å². The number of aliphatic hydroxyl groups is 1. The number of benzene rings is 1. The lowest BCUT2D eigenvalue weighted by molar-refractivity contribution is 0.0479. The molecule has 2 aliphatic rings. The molecule has 21 heavy (non-hydrogen) atoms. The Balaban J connectivity index is 1.99. The van der Waals surface area contributed by atoms with Gasteiger partial charge in [0.2, 0.25) is 0 Å². The summed E-state index contributed by atoms with van der Waals surface area (Å²) in [5.41, 5.74) is 2.09. The van der Waals surface area contributed by atoms with Crippen LogP contribution in [0.15, 0.2) is 12.1 Å². The molecule has 1 atom stereocenters. The molecule has 1 aliphatic heterocycles. The molecule has 0 bridgehead atoms. The Hall–Kier alpha value is -1.57. The fraction of sp³-hybridized carbons (Fsp3) is 0.500. The van der Waals surface area contributed by atoms with E-state index in [0.717, 1.165) is 24.0 Å². The van der Waals surface area contributed by atoms with Crippen LogP contribution in [0, 0.1) is 18.3 Å². The van der Waals surface area contributed by atoms with Gasteiger partial charge in [0.15, 0.2) is 0 Å². The quantitative estimate of drug-likeness (QED) is 0.867. The van der Waals surface area contributed by atoms with Gasteiger partial charge in [0.05, 0.1) is 17.7 Å². The molecular formula is C16H17ClN2O2. The second kappa shape index (κ2) is 5.32. The van der Waals surface area contributed by atoms with E-state index in [1.54, 1.807) is 17.0 Å².